The van der Waals surface area contributed by atoms with Crippen molar-refractivity contribution in [3.63, 3.8) is 0 Å². The Kier molecular flexibility index (Phi) is 4.47. The van der Waals surface area contributed by atoms with Crippen LogP contribution in [0.2, 0.25) is 0 Å². The molecule has 0 atom stereocenters. The molecule has 1 aliphatic rings. The number of rotatable bonds is 3. The van der Waals surface area contributed by atoms with Crippen LogP contribution in [0.5, 0.6) is 0 Å². The summed E-state index contributed by atoms with van der Waals surface area (Å²) < 4.78 is 27.5. The van der Waals surface area contributed by atoms with Crippen molar-refractivity contribution in [2.24, 2.45) is 5.41 Å². The van der Waals surface area contributed by atoms with Crippen LogP contribution in [-0.2, 0) is 16.6 Å². The van der Waals surface area contributed by atoms with Gasteiger partial charge >= 0.3 is 0 Å². The van der Waals surface area contributed by atoms with Crippen LogP contribution in [0.15, 0.2) is 17.0 Å². The summed E-state index contributed by atoms with van der Waals surface area (Å²) in [5.41, 5.74) is 2.34. The van der Waals surface area contributed by atoms with E-state index in [9.17, 15) is 13.5 Å². The summed E-state index contributed by atoms with van der Waals surface area (Å²) in [5, 5.41) is 9.33. The fourth-order valence-corrected chi connectivity index (χ4v) is 4.99. The molecule has 2 rings (SSSR count). The largest absolute Gasteiger partial charge is 0.392 e. The Morgan fingerprint density at radius 1 is 1.29 bits per heavy atom. The van der Waals surface area contributed by atoms with Gasteiger partial charge in [0.25, 0.3) is 0 Å². The molecule has 0 radical (unpaired) electrons. The summed E-state index contributed by atoms with van der Waals surface area (Å²) >= 11 is 0. The number of piperidine rings is 1. The molecule has 0 amide bonds. The molecule has 118 valence electrons. The fourth-order valence-electron chi connectivity index (χ4n) is 2.97. The highest BCUT2D eigenvalue weighted by molar-refractivity contribution is 7.89. The summed E-state index contributed by atoms with van der Waals surface area (Å²) in [6.07, 6.45) is 1.94. The Balaban J connectivity index is 2.47. The lowest BCUT2D eigenvalue weighted by Crippen LogP contribution is -2.43. The lowest BCUT2D eigenvalue weighted by Gasteiger charge is -2.37. The van der Waals surface area contributed by atoms with Crippen molar-refractivity contribution in [3.05, 3.63) is 28.8 Å². The molecule has 1 aromatic rings. The van der Waals surface area contributed by atoms with E-state index in [1.54, 1.807) is 10.4 Å². The molecule has 21 heavy (non-hydrogen) atoms. The van der Waals surface area contributed by atoms with E-state index in [0.29, 0.717) is 23.5 Å². The van der Waals surface area contributed by atoms with Gasteiger partial charge in [-0.15, -0.1) is 0 Å². The van der Waals surface area contributed by atoms with E-state index < -0.39 is 10.0 Å². The summed E-state index contributed by atoms with van der Waals surface area (Å²) in [5.74, 6) is 0. The number of sulfonamides is 1. The first-order valence-electron chi connectivity index (χ1n) is 7.38. The average molecular weight is 311 g/mol. The zero-order chi connectivity index (χ0) is 15.8. The summed E-state index contributed by atoms with van der Waals surface area (Å²) in [6, 6.07) is 3.45. The average Bonchev–Trinajstić information content (AvgIpc) is 2.40. The van der Waals surface area contributed by atoms with Crippen LogP contribution < -0.4 is 0 Å². The Labute approximate surface area is 127 Å². The fraction of sp³-hybridized carbons (Fsp3) is 0.625. The highest BCUT2D eigenvalue weighted by Gasteiger charge is 2.35. The molecule has 1 saturated heterocycles. The third-order valence-electron chi connectivity index (χ3n) is 4.35. The topological polar surface area (TPSA) is 57.6 Å². The molecule has 5 heteroatoms. The number of hydrogen-bond acceptors (Lipinski definition) is 3. The van der Waals surface area contributed by atoms with Crippen molar-refractivity contribution in [2.45, 2.75) is 52.0 Å². The molecule has 1 heterocycles. The van der Waals surface area contributed by atoms with Crippen molar-refractivity contribution in [1.82, 2.24) is 4.31 Å². The van der Waals surface area contributed by atoms with Crippen molar-refractivity contribution >= 4 is 10.0 Å². The second-order valence-electron chi connectivity index (χ2n) is 6.80. The standard InChI is InChI=1S/C16H25NO3S/c1-12-8-14(10-18)9-15(13(12)2)21(19,20)17-7-5-6-16(3,4)11-17/h8-9,18H,5-7,10-11H2,1-4H3. The van der Waals surface area contributed by atoms with E-state index in [1.165, 1.54) is 0 Å². The minimum atomic E-state index is -3.50. The molecule has 0 aliphatic carbocycles. The van der Waals surface area contributed by atoms with Gasteiger partial charge in [0.05, 0.1) is 11.5 Å². The predicted octanol–water partition coefficient (Wildman–Crippen LogP) is 2.61. The van der Waals surface area contributed by atoms with E-state index in [1.807, 2.05) is 19.9 Å². The van der Waals surface area contributed by atoms with Crippen LogP contribution in [-0.4, -0.2) is 30.9 Å². The van der Waals surface area contributed by atoms with Gasteiger partial charge in [0.2, 0.25) is 10.0 Å². The summed E-state index contributed by atoms with van der Waals surface area (Å²) in [6.45, 7) is 8.92. The molecule has 1 fully saturated rings. The molecule has 4 nitrogen and oxygen atoms in total. The zero-order valence-electron chi connectivity index (χ0n) is 13.3. The Morgan fingerprint density at radius 3 is 2.52 bits per heavy atom. The van der Waals surface area contributed by atoms with Gasteiger partial charge in [-0.2, -0.15) is 4.31 Å². The molecule has 0 spiro atoms. The maximum Gasteiger partial charge on any atom is 0.243 e. The van der Waals surface area contributed by atoms with Crippen LogP contribution in [0.1, 0.15) is 43.4 Å². The number of benzene rings is 1. The molecule has 1 aliphatic heterocycles. The first-order valence-corrected chi connectivity index (χ1v) is 8.82. The van der Waals surface area contributed by atoms with Crippen LogP contribution in [0, 0.1) is 19.3 Å². The van der Waals surface area contributed by atoms with Crippen LogP contribution in [0.3, 0.4) is 0 Å². The SMILES string of the molecule is Cc1cc(CO)cc(S(=O)(=O)N2CCCC(C)(C)C2)c1C. The lowest BCUT2D eigenvalue weighted by atomic mass is 9.85. The van der Waals surface area contributed by atoms with Crippen LogP contribution in [0.4, 0.5) is 0 Å². The van der Waals surface area contributed by atoms with Gasteiger partial charge in [-0.25, -0.2) is 8.42 Å². The zero-order valence-corrected chi connectivity index (χ0v) is 14.1. The van der Waals surface area contributed by atoms with Crippen molar-refractivity contribution in [1.29, 1.82) is 0 Å². The smallest absolute Gasteiger partial charge is 0.243 e. The maximum absolute atomic E-state index is 13.0. The maximum atomic E-state index is 13.0. The van der Waals surface area contributed by atoms with Gasteiger partial charge < -0.3 is 5.11 Å². The Morgan fingerprint density at radius 2 is 1.95 bits per heavy atom. The lowest BCUT2D eigenvalue weighted by molar-refractivity contribution is 0.187. The van der Waals surface area contributed by atoms with Crippen molar-refractivity contribution in [3.8, 4) is 0 Å². The number of nitrogens with zero attached hydrogens (tertiary/aromatic N) is 1. The van der Waals surface area contributed by atoms with Gasteiger partial charge in [-0.3, -0.25) is 0 Å². The van der Waals surface area contributed by atoms with Crippen molar-refractivity contribution in [2.75, 3.05) is 13.1 Å². The van der Waals surface area contributed by atoms with Crippen LogP contribution in [0.25, 0.3) is 0 Å². The first-order chi connectivity index (χ1) is 9.67. The summed E-state index contributed by atoms with van der Waals surface area (Å²) in [4.78, 5) is 0.337. The van der Waals surface area contributed by atoms with Gasteiger partial charge in [0.1, 0.15) is 0 Å². The molecular formula is C16H25NO3S. The quantitative estimate of drug-likeness (QED) is 0.933. The monoisotopic (exact) mass is 311 g/mol. The van der Waals surface area contributed by atoms with E-state index in [-0.39, 0.29) is 12.0 Å². The Bertz CT molecular complexity index is 635. The number of aliphatic hydroxyl groups is 1. The predicted molar refractivity (Wildman–Crippen MR) is 83.6 cm³/mol. The number of aryl methyl sites for hydroxylation is 1. The molecule has 0 unspecified atom stereocenters. The van der Waals surface area contributed by atoms with Crippen molar-refractivity contribution < 1.29 is 13.5 Å². The molecular weight excluding hydrogens is 286 g/mol. The van der Waals surface area contributed by atoms with Gasteiger partial charge in [-0.05, 0) is 54.9 Å². The molecule has 0 bridgehead atoms. The van der Waals surface area contributed by atoms with Gasteiger partial charge in [0.15, 0.2) is 0 Å². The molecule has 1 N–H and O–H groups in total. The molecule has 0 aromatic heterocycles. The number of aliphatic hydroxyl groups excluding tert-OH is 1. The second-order valence-corrected chi connectivity index (χ2v) is 8.71. The molecule has 0 saturated carbocycles. The highest BCUT2D eigenvalue weighted by Crippen LogP contribution is 2.33. The van der Waals surface area contributed by atoms with Gasteiger partial charge in [0, 0.05) is 13.1 Å². The minimum absolute atomic E-state index is 0.0167. The second kappa shape index (κ2) is 5.71. The van der Waals surface area contributed by atoms with Crippen LogP contribution >= 0.6 is 0 Å². The molecule has 1 aromatic carbocycles. The first kappa shape index (κ1) is 16.5. The van der Waals surface area contributed by atoms with E-state index >= 15 is 0 Å². The third-order valence-corrected chi connectivity index (χ3v) is 6.32. The normalized spacial score (nSPS) is 19.7. The van der Waals surface area contributed by atoms with E-state index in [4.69, 9.17) is 0 Å². The summed E-state index contributed by atoms with van der Waals surface area (Å²) in [7, 11) is -3.50. The van der Waals surface area contributed by atoms with E-state index in [0.717, 1.165) is 24.0 Å². The van der Waals surface area contributed by atoms with E-state index in [2.05, 4.69) is 13.8 Å². The van der Waals surface area contributed by atoms with Gasteiger partial charge in [-0.1, -0.05) is 19.9 Å². The third kappa shape index (κ3) is 3.30. The highest BCUT2D eigenvalue weighted by atomic mass is 32.2. The number of hydrogen-bond donors (Lipinski definition) is 1. The minimum Gasteiger partial charge on any atom is -0.392 e. The Hall–Kier alpha value is -0.910.